The molecule has 0 saturated carbocycles. The lowest BCUT2D eigenvalue weighted by Crippen LogP contribution is -2.42. The molecule has 0 spiro atoms. The number of hydrogen-bond acceptors (Lipinski definition) is 2. The summed E-state index contributed by atoms with van der Waals surface area (Å²) in [6.07, 6.45) is -0.191. The minimum absolute atomic E-state index is 0.0585. The molecule has 0 saturated heterocycles. The van der Waals surface area contributed by atoms with Crippen molar-refractivity contribution in [2.24, 2.45) is 0 Å². The van der Waals surface area contributed by atoms with E-state index in [-0.39, 0.29) is 12.1 Å². The lowest BCUT2D eigenvalue weighted by Gasteiger charge is -2.38. The van der Waals surface area contributed by atoms with Crippen LogP contribution >= 0.6 is 0 Å². The molecule has 4 heteroatoms. The Balaban J connectivity index is 1.77. The smallest absolute Gasteiger partial charge is 0.258 e. The topological polar surface area (TPSA) is 48.1 Å². The van der Waals surface area contributed by atoms with E-state index in [1.807, 2.05) is 36.1 Å². The number of amides is 1. The van der Waals surface area contributed by atoms with Crippen LogP contribution in [0.1, 0.15) is 44.6 Å². The first kappa shape index (κ1) is 16.5. The van der Waals surface area contributed by atoms with Gasteiger partial charge in [0, 0.05) is 29.2 Å². The van der Waals surface area contributed by atoms with Crippen LogP contribution in [-0.4, -0.2) is 15.8 Å². The summed E-state index contributed by atoms with van der Waals surface area (Å²) in [7, 11) is 0. The Morgan fingerprint density at radius 2 is 1.73 bits per heavy atom. The van der Waals surface area contributed by atoms with Crippen LogP contribution in [0.2, 0.25) is 0 Å². The molecule has 1 aliphatic rings. The molecule has 1 aliphatic heterocycles. The fraction of sp³-hybridized carbons (Fsp3) is 0.227. The molecule has 2 heterocycles. The first-order valence-corrected chi connectivity index (χ1v) is 8.91. The Hall–Kier alpha value is -3.01. The third-order valence-corrected chi connectivity index (χ3v) is 4.98. The van der Waals surface area contributed by atoms with Crippen molar-refractivity contribution in [1.82, 2.24) is 9.88 Å². The summed E-state index contributed by atoms with van der Waals surface area (Å²) in [5.41, 5.74) is 7.25. The Morgan fingerprint density at radius 1 is 1.00 bits per heavy atom. The molecular weight excluding hydrogens is 322 g/mol. The van der Waals surface area contributed by atoms with Gasteiger partial charge in [0.1, 0.15) is 6.17 Å². The Bertz CT molecular complexity index is 956. The van der Waals surface area contributed by atoms with Gasteiger partial charge in [0.05, 0.1) is 5.56 Å². The SMILES string of the molecule is Cc1ccc(CN2C(=O)c3ccccc3NC2c2cc(C)[nH]c2C)cc1. The van der Waals surface area contributed by atoms with E-state index in [1.54, 1.807) is 0 Å². The number of para-hydroxylation sites is 1. The number of hydrogen-bond donors (Lipinski definition) is 2. The van der Waals surface area contributed by atoms with E-state index in [2.05, 4.69) is 54.5 Å². The number of anilines is 1. The van der Waals surface area contributed by atoms with Crippen molar-refractivity contribution >= 4 is 11.6 Å². The van der Waals surface area contributed by atoms with Gasteiger partial charge in [0.2, 0.25) is 0 Å². The second-order valence-electron chi connectivity index (χ2n) is 7.04. The van der Waals surface area contributed by atoms with Crippen LogP contribution in [0.25, 0.3) is 0 Å². The van der Waals surface area contributed by atoms with Gasteiger partial charge < -0.3 is 15.2 Å². The summed E-state index contributed by atoms with van der Waals surface area (Å²) in [6, 6.07) is 18.2. The van der Waals surface area contributed by atoms with Crippen LogP contribution in [0.4, 0.5) is 5.69 Å². The van der Waals surface area contributed by atoms with Crippen molar-refractivity contribution < 1.29 is 4.79 Å². The summed E-state index contributed by atoms with van der Waals surface area (Å²) in [4.78, 5) is 18.5. The van der Waals surface area contributed by atoms with Gasteiger partial charge in [0.15, 0.2) is 0 Å². The molecule has 0 aliphatic carbocycles. The quantitative estimate of drug-likeness (QED) is 0.722. The maximum Gasteiger partial charge on any atom is 0.258 e. The number of nitrogens with zero attached hydrogens (tertiary/aromatic N) is 1. The monoisotopic (exact) mass is 345 g/mol. The van der Waals surface area contributed by atoms with Crippen LogP contribution in [0.3, 0.4) is 0 Å². The predicted octanol–water partition coefficient (Wildman–Crippen LogP) is 4.71. The molecule has 4 nitrogen and oxygen atoms in total. The van der Waals surface area contributed by atoms with Gasteiger partial charge in [-0.25, -0.2) is 0 Å². The highest BCUT2D eigenvalue weighted by atomic mass is 16.2. The van der Waals surface area contributed by atoms with Gasteiger partial charge in [-0.15, -0.1) is 0 Å². The third-order valence-electron chi connectivity index (χ3n) is 4.98. The highest BCUT2D eigenvalue weighted by Gasteiger charge is 2.34. The van der Waals surface area contributed by atoms with Gasteiger partial charge in [-0.1, -0.05) is 42.0 Å². The van der Waals surface area contributed by atoms with Crippen LogP contribution in [-0.2, 0) is 6.54 Å². The van der Waals surface area contributed by atoms with Crippen LogP contribution in [0.15, 0.2) is 54.6 Å². The zero-order chi connectivity index (χ0) is 18.3. The van der Waals surface area contributed by atoms with Gasteiger partial charge in [-0.3, -0.25) is 4.79 Å². The van der Waals surface area contributed by atoms with Gasteiger partial charge in [-0.2, -0.15) is 0 Å². The van der Waals surface area contributed by atoms with Crippen molar-refractivity contribution in [3.05, 3.63) is 88.2 Å². The summed E-state index contributed by atoms with van der Waals surface area (Å²) in [6.45, 7) is 6.73. The molecule has 1 atom stereocenters. The van der Waals surface area contributed by atoms with Crippen molar-refractivity contribution in [1.29, 1.82) is 0 Å². The highest BCUT2D eigenvalue weighted by molar-refractivity contribution is 6.01. The Morgan fingerprint density at radius 3 is 2.42 bits per heavy atom. The molecule has 1 aromatic heterocycles. The number of aromatic amines is 1. The summed E-state index contributed by atoms with van der Waals surface area (Å²) < 4.78 is 0. The minimum Gasteiger partial charge on any atom is -0.362 e. The Labute approximate surface area is 153 Å². The van der Waals surface area contributed by atoms with E-state index in [4.69, 9.17) is 0 Å². The fourth-order valence-corrected chi connectivity index (χ4v) is 3.62. The van der Waals surface area contributed by atoms with Crippen molar-refractivity contribution in [3.8, 4) is 0 Å². The number of carbonyl (C=O) groups is 1. The standard InChI is InChI=1S/C22H23N3O/c1-14-8-10-17(11-9-14)13-25-21(19-12-15(2)23-16(19)3)24-20-7-5-4-6-18(20)22(25)26/h4-12,21,23-24H,13H2,1-3H3. The first-order chi connectivity index (χ1) is 12.5. The average molecular weight is 345 g/mol. The van der Waals surface area contributed by atoms with Gasteiger partial charge in [0.25, 0.3) is 5.91 Å². The average Bonchev–Trinajstić information content (AvgIpc) is 2.97. The van der Waals surface area contributed by atoms with E-state index in [1.165, 1.54) is 5.56 Å². The van der Waals surface area contributed by atoms with Crippen LogP contribution in [0.5, 0.6) is 0 Å². The second kappa shape index (κ2) is 6.37. The molecule has 3 aromatic rings. The number of aromatic nitrogens is 1. The van der Waals surface area contributed by atoms with Crippen molar-refractivity contribution in [2.75, 3.05) is 5.32 Å². The number of rotatable bonds is 3. The number of carbonyl (C=O) groups excluding carboxylic acids is 1. The molecule has 0 radical (unpaired) electrons. The zero-order valence-electron chi connectivity index (χ0n) is 15.3. The molecule has 0 fully saturated rings. The fourth-order valence-electron chi connectivity index (χ4n) is 3.62. The lowest BCUT2D eigenvalue weighted by molar-refractivity contribution is 0.0666. The largest absolute Gasteiger partial charge is 0.362 e. The molecule has 2 aromatic carbocycles. The number of H-pyrrole nitrogens is 1. The molecule has 1 amide bonds. The molecule has 0 bridgehead atoms. The molecule has 2 N–H and O–H groups in total. The number of benzene rings is 2. The van der Waals surface area contributed by atoms with E-state index < -0.39 is 0 Å². The highest BCUT2D eigenvalue weighted by Crippen LogP contribution is 2.35. The first-order valence-electron chi connectivity index (χ1n) is 8.91. The lowest BCUT2D eigenvalue weighted by atomic mass is 10.0. The van der Waals surface area contributed by atoms with E-state index in [0.717, 1.165) is 33.8 Å². The van der Waals surface area contributed by atoms with Crippen LogP contribution in [0, 0.1) is 20.8 Å². The number of nitrogens with one attached hydrogen (secondary N) is 2. The van der Waals surface area contributed by atoms with Crippen molar-refractivity contribution in [3.63, 3.8) is 0 Å². The van der Waals surface area contributed by atoms with E-state index >= 15 is 0 Å². The molecule has 132 valence electrons. The normalized spacial score (nSPS) is 16.3. The van der Waals surface area contributed by atoms with E-state index in [9.17, 15) is 4.79 Å². The zero-order valence-corrected chi connectivity index (χ0v) is 15.3. The maximum atomic E-state index is 13.3. The van der Waals surface area contributed by atoms with Gasteiger partial charge in [-0.05, 0) is 44.5 Å². The number of aryl methyl sites for hydroxylation is 3. The number of fused-ring (bicyclic) bond motifs is 1. The Kier molecular flexibility index (Phi) is 4.03. The summed E-state index contributed by atoms with van der Waals surface area (Å²) in [5, 5.41) is 3.56. The molecule has 26 heavy (non-hydrogen) atoms. The van der Waals surface area contributed by atoms with E-state index in [0.29, 0.717) is 6.54 Å². The minimum atomic E-state index is -0.191. The molecular formula is C22H23N3O. The van der Waals surface area contributed by atoms with Crippen LogP contribution < -0.4 is 5.32 Å². The summed E-state index contributed by atoms with van der Waals surface area (Å²) >= 11 is 0. The molecule has 4 rings (SSSR count). The van der Waals surface area contributed by atoms with Crippen molar-refractivity contribution in [2.45, 2.75) is 33.5 Å². The summed E-state index contributed by atoms with van der Waals surface area (Å²) in [5.74, 6) is 0.0585. The maximum absolute atomic E-state index is 13.3. The third kappa shape index (κ3) is 2.88. The van der Waals surface area contributed by atoms with Gasteiger partial charge >= 0.3 is 0 Å². The second-order valence-corrected chi connectivity index (χ2v) is 7.04. The molecule has 1 unspecified atom stereocenters. The predicted molar refractivity (Wildman–Crippen MR) is 104 cm³/mol.